The first-order valence-electron chi connectivity index (χ1n) is 3.18. The van der Waals surface area contributed by atoms with Crippen molar-refractivity contribution in [1.82, 2.24) is 5.32 Å². The molecule has 0 aromatic carbocycles. The Bertz CT molecular complexity index is 43.8. The molecule has 3 N–H and O–H groups in total. The first-order chi connectivity index (χ1) is 3.77. The van der Waals surface area contributed by atoms with Crippen molar-refractivity contribution in [3.8, 4) is 0 Å². The van der Waals surface area contributed by atoms with Gasteiger partial charge in [0.25, 0.3) is 0 Å². The maximum absolute atomic E-state index is 5.20. The third-order valence-corrected chi connectivity index (χ3v) is 1.04. The molecule has 0 aliphatic rings. The lowest BCUT2D eigenvalue weighted by molar-refractivity contribution is 0.543. The van der Waals surface area contributed by atoms with Crippen LogP contribution in [-0.4, -0.2) is 13.2 Å². The van der Waals surface area contributed by atoms with Crippen molar-refractivity contribution < 1.29 is 0 Å². The van der Waals surface area contributed by atoms with Gasteiger partial charge in [0.05, 0.1) is 0 Å². The number of nitrogens with one attached hydrogen (secondary N) is 1. The fourth-order valence-corrected chi connectivity index (χ4v) is 0.493. The minimum atomic E-state index is 0.604. The molecule has 2 nitrogen and oxygen atoms in total. The van der Waals surface area contributed by atoms with Gasteiger partial charge in [0, 0.05) is 6.67 Å². The normalized spacial score (nSPS) is 10.5. The Morgan fingerprint density at radius 2 is 2.12 bits per heavy atom. The molecule has 8 heavy (non-hydrogen) atoms. The van der Waals surface area contributed by atoms with Crippen molar-refractivity contribution in [1.29, 1.82) is 0 Å². The van der Waals surface area contributed by atoms with Gasteiger partial charge in [0.2, 0.25) is 0 Å². The summed E-state index contributed by atoms with van der Waals surface area (Å²) >= 11 is 0. The van der Waals surface area contributed by atoms with Gasteiger partial charge in [-0.05, 0) is 18.9 Å². The lowest BCUT2D eigenvalue weighted by atomic mass is 10.1. The molecular weight excluding hydrogens is 100 g/mol. The van der Waals surface area contributed by atoms with Crippen molar-refractivity contribution in [2.75, 3.05) is 13.2 Å². The van der Waals surface area contributed by atoms with Crippen molar-refractivity contribution in [3.63, 3.8) is 0 Å². The second-order valence-corrected chi connectivity index (χ2v) is 2.39. The largest absolute Gasteiger partial charge is 0.318 e. The standard InChI is InChI=1S/C6H16N2/c1-6(2)3-4-8-5-7/h6,8H,3-5,7H2,1-2H3. The zero-order valence-corrected chi connectivity index (χ0v) is 5.78. The van der Waals surface area contributed by atoms with Crippen LogP contribution in [0.3, 0.4) is 0 Å². The van der Waals surface area contributed by atoms with E-state index in [0.717, 1.165) is 12.5 Å². The van der Waals surface area contributed by atoms with Crippen LogP contribution in [0.15, 0.2) is 0 Å². The van der Waals surface area contributed by atoms with Gasteiger partial charge in [-0.2, -0.15) is 0 Å². The maximum atomic E-state index is 5.20. The van der Waals surface area contributed by atoms with Crippen molar-refractivity contribution in [3.05, 3.63) is 0 Å². The van der Waals surface area contributed by atoms with E-state index in [9.17, 15) is 0 Å². The van der Waals surface area contributed by atoms with E-state index in [2.05, 4.69) is 19.2 Å². The van der Waals surface area contributed by atoms with E-state index in [1.807, 2.05) is 0 Å². The van der Waals surface area contributed by atoms with Crippen LogP contribution < -0.4 is 11.1 Å². The molecule has 0 unspecified atom stereocenters. The molecule has 0 saturated carbocycles. The molecule has 0 bridgehead atoms. The molecule has 0 atom stereocenters. The van der Waals surface area contributed by atoms with E-state index < -0.39 is 0 Å². The number of nitrogens with two attached hydrogens (primary N) is 1. The van der Waals surface area contributed by atoms with E-state index in [-0.39, 0.29) is 0 Å². The fraction of sp³-hybridized carbons (Fsp3) is 1.00. The van der Waals surface area contributed by atoms with Crippen LogP contribution in [0, 0.1) is 5.92 Å². The molecule has 0 rings (SSSR count). The Balaban J connectivity index is 2.72. The Hall–Kier alpha value is -0.0800. The van der Waals surface area contributed by atoms with E-state index in [1.165, 1.54) is 6.42 Å². The SMILES string of the molecule is CC(C)CCNCN. The first-order valence-corrected chi connectivity index (χ1v) is 3.18. The molecule has 0 aliphatic carbocycles. The van der Waals surface area contributed by atoms with Crippen LogP contribution in [0.25, 0.3) is 0 Å². The van der Waals surface area contributed by atoms with Gasteiger partial charge < -0.3 is 11.1 Å². The Morgan fingerprint density at radius 1 is 1.50 bits per heavy atom. The highest BCUT2D eigenvalue weighted by Gasteiger charge is 1.89. The summed E-state index contributed by atoms with van der Waals surface area (Å²) in [7, 11) is 0. The van der Waals surface area contributed by atoms with Crippen LogP contribution in [0.2, 0.25) is 0 Å². The lowest BCUT2D eigenvalue weighted by Gasteiger charge is -2.02. The molecule has 0 spiro atoms. The van der Waals surface area contributed by atoms with E-state index >= 15 is 0 Å². The predicted octanol–water partition coefficient (Wildman–Crippen LogP) is 0.538. The van der Waals surface area contributed by atoms with Gasteiger partial charge in [-0.3, -0.25) is 0 Å². The summed E-state index contributed by atoms with van der Waals surface area (Å²) in [5.41, 5.74) is 5.20. The summed E-state index contributed by atoms with van der Waals surface area (Å²) in [4.78, 5) is 0. The van der Waals surface area contributed by atoms with Crippen molar-refractivity contribution >= 4 is 0 Å². The second-order valence-electron chi connectivity index (χ2n) is 2.39. The fourth-order valence-electron chi connectivity index (χ4n) is 0.493. The maximum Gasteiger partial charge on any atom is 0.0428 e. The molecule has 50 valence electrons. The summed E-state index contributed by atoms with van der Waals surface area (Å²) in [5.74, 6) is 0.786. The molecule has 0 saturated heterocycles. The summed E-state index contributed by atoms with van der Waals surface area (Å²) in [6, 6.07) is 0. The van der Waals surface area contributed by atoms with Gasteiger partial charge in [0.15, 0.2) is 0 Å². The van der Waals surface area contributed by atoms with Crippen LogP contribution in [0.5, 0.6) is 0 Å². The Morgan fingerprint density at radius 3 is 2.50 bits per heavy atom. The van der Waals surface area contributed by atoms with Crippen molar-refractivity contribution in [2.24, 2.45) is 11.7 Å². The summed E-state index contributed by atoms with van der Waals surface area (Å²) in [6.07, 6.45) is 1.22. The second kappa shape index (κ2) is 5.06. The third kappa shape index (κ3) is 5.92. The summed E-state index contributed by atoms with van der Waals surface area (Å²) in [5, 5.41) is 3.06. The van der Waals surface area contributed by atoms with Gasteiger partial charge in [0.1, 0.15) is 0 Å². The average molecular weight is 116 g/mol. The summed E-state index contributed by atoms with van der Waals surface area (Å²) in [6.45, 7) is 6.07. The van der Waals surface area contributed by atoms with Crippen molar-refractivity contribution in [2.45, 2.75) is 20.3 Å². The Labute approximate surface area is 51.5 Å². The summed E-state index contributed by atoms with van der Waals surface area (Å²) < 4.78 is 0. The zero-order chi connectivity index (χ0) is 6.41. The number of rotatable bonds is 4. The van der Waals surface area contributed by atoms with Crippen LogP contribution in [0.4, 0.5) is 0 Å². The Kier molecular flexibility index (Phi) is 5.01. The third-order valence-electron chi connectivity index (χ3n) is 1.04. The van der Waals surface area contributed by atoms with Gasteiger partial charge in [-0.25, -0.2) is 0 Å². The quantitative estimate of drug-likeness (QED) is 0.415. The minimum Gasteiger partial charge on any atom is -0.318 e. The molecule has 0 aromatic heterocycles. The number of hydrogen-bond donors (Lipinski definition) is 2. The van der Waals surface area contributed by atoms with E-state index in [4.69, 9.17) is 5.73 Å². The van der Waals surface area contributed by atoms with Gasteiger partial charge in [-0.1, -0.05) is 13.8 Å². The lowest BCUT2D eigenvalue weighted by Crippen LogP contribution is -2.23. The van der Waals surface area contributed by atoms with E-state index in [1.54, 1.807) is 0 Å². The molecule has 0 radical (unpaired) electrons. The molecule has 0 fully saturated rings. The predicted molar refractivity (Wildman–Crippen MR) is 36.5 cm³/mol. The van der Waals surface area contributed by atoms with Crippen LogP contribution in [0.1, 0.15) is 20.3 Å². The molecular formula is C6H16N2. The highest BCUT2D eigenvalue weighted by molar-refractivity contribution is 4.46. The van der Waals surface area contributed by atoms with E-state index in [0.29, 0.717) is 6.67 Å². The molecule has 0 amide bonds. The van der Waals surface area contributed by atoms with Gasteiger partial charge >= 0.3 is 0 Å². The molecule has 2 heteroatoms. The number of hydrogen-bond acceptors (Lipinski definition) is 2. The molecule has 0 aliphatic heterocycles. The highest BCUT2D eigenvalue weighted by Crippen LogP contribution is 1.95. The smallest absolute Gasteiger partial charge is 0.0428 e. The monoisotopic (exact) mass is 116 g/mol. The first kappa shape index (κ1) is 7.92. The topological polar surface area (TPSA) is 38.0 Å². The van der Waals surface area contributed by atoms with Crippen LogP contribution in [-0.2, 0) is 0 Å². The minimum absolute atomic E-state index is 0.604. The highest BCUT2D eigenvalue weighted by atomic mass is 14.9. The zero-order valence-electron chi connectivity index (χ0n) is 5.78. The average Bonchev–Trinajstić information content (AvgIpc) is 1.66. The molecule has 0 aromatic rings. The molecule has 0 heterocycles. The van der Waals surface area contributed by atoms with Crippen LogP contribution >= 0.6 is 0 Å². The van der Waals surface area contributed by atoms with Gasteiger partial charge in [-0.15, -0.1) is 0 Å².